The van der Waals surface area contributed by atoms with Crippen LogP contribution in [0.3, 0.4) is 0 Å². The van der Waals surface area contributed by atoms with E-state index in [2.05, 4.69) is 0 Å². The molecule has 0 amide bonds. The highest BCUT2D eigenvalue weighted by Gasteiger charge is 2.35. The van der Waals surface area contributed by atoms with E-state index < -0.39 is 23.8 Å². The largest absolute Gasteiger partial charge is 0.478 e. The standard InChI is InChI=1S/C35H28FN3O5S/c1-4-44-34(43)29-30(22-8-6-5-7-9-22)37-35-39(31(29)23-10-14-26(36)15-11-23)32(40)28(45-35)19-25-18-20(2)38(21(25)3)27-16-12-24(13-17-27)33(41)42/h5-19,31H,4H2,1-3H3,(H,41,42)/b28-19-/t31-/m1/s1. The molecule has 0 saturated carbocycles. The van der Waals surface area contributed by atoms with E-state index in [4.69, 9.17) is 9.73 Å². The third-order valence-electron chi connectivity index (χ3n) is 7.69. The predicted octanol–water partition coefficient (Wildman–Crippen LogP) is 5.18. The number of hydrogen-bond donors (Lipinski definition) is 1. The molecule has 1 aliphatic rings. The monoisotopic (exact) mass is 621 g/mol. The van der Waals surface area contributed by atoms with Crippen LogP contribution in [0, 0.1) is 19.7 Å². The second-order valence-corrected chi connectivity index (χ2v) is 11.5. The Labute approximate surface area is 261 Å². The summed E-state index contributed by atoms with van der Waals surface area (Å²) in [6.07, 6.45) is 1.80. The van der Waals surface area contributed by atoms with Crippen molar-refractivity contribution >= 4 is 35.0 Å². The molecule has 6 rings (SSSR count). The van der Waals surface area contributed by atoms with Gasteiger partial charge in [-0.3, -0.25) is 9.36 Å². The Bertz CT molecular complexity index is 2160. The summed E-state index contributed by atoms with van der Waals surface area (Å²) in [7, 11) is 0. The lowest BCUT2D eigenvalue weighted by Crippen LogP contribution is -2.40. The number of nitrogens with zero attached hydrogens (tertiary/aromatic N) is 3. The summed E-state index contributed by atoms with van der Waals surface area (Å²) in [6, 6.07) is 22.6. The molecular formula is C35H28FN3O5S. The van der Waals surface area contributed by atoms with E-state index in [1.54, 1.807) is 49.4 Å². The van der Waals surface area contributed by atoms with Gasteiger partial charge < -0.3 is 14.4 Å². The van der Waals surface area contributed by atoms with Crippen molar-refractivity contribution in [3.05, 3.63) is 150 Å². The third kappa shape index (κ3) is 5.44. The highest BCUT2D eigenvalue weighted by atomic mass is 32.1. The van der Waals surface area contributed by atoms with Crippen LogP contribution in [-0.2, 0) is 9.53 Å². The first-order valence-corrected chi connectivity index (χ1v) is 15.1. The number of aromatic nitrogens is 2. The maximum absolute atomic E-state index is 14.2. The second kappa shape index (κ2) is 12.0. The molecule has 10 heteroatoms. The Morgan fingerprint density at radius 2 is 1.71 bits per heavy atom. The van der Waals surface area contributed by atoms with Gasteiger partial charge in [0.1, 0.15) is 5.82 Å². The predicted molar refractivity (Wildman–Crippen MR) is 170 cm³/mol. The molecule has 8 nitrogen and oxygen atoms in total. The van der Waals surface area contributed by atoms with Gasteiger partial charge >= 0.3 is 11.9 Å². The molecule has 0 aliphatic carbocycles. The Morgan fingerprint density at radius 1 is 1.02 bits per heavy atom. The van der Waals surface area contributed by atoms with E-state index in [1.807, 2.05) is 54.8 Å². The van der Waals surface area contributed by atoms with Crippen molar-refractivity contribution in [1.82, 2.24) is 9.13 Å². The fraction of sp³-hybridized carbons (Fsp3) is 0.143. The number of carbonyl (C=O) groups is 2. The SMILES string of the molecule is CCOC(=O)C1=C(c2ccccc2)N=c2s/c(=C\c3cc(C)n(-c4ccc(C(=O)O)cc4)c3C)c(=O)n2[C@@H]1c1ccc(F)cc1. The van der Waals surface area contributed by atoms with Crippen LogP contribution in [0.1, 0.15) is 51.4 Å². The van der Waals surface area contributed by atoms with Crippen LogP contribution >= 0.6 is 11.3 Å². The Kier molecular flexibility index (Phi) is 7.90. The van der Waals surface area contributed by atoms with Gasteiger partial charge in [-0.05, 0) is 80.4 Å². The molecule has 0 bridgehead atoms. The van der Waals surface area contributed by atoms with Crippen LogP contribution in [-0.4, -0.2) is 32.8 Å². The molecular weight excluding hydrogens is 593 g/mol. The molecule has 5 aromatic rings. The topological polar surface area (TPSA) is 103 Å². The first-order chi connectivity index (χ1) is 21.7. The molecule has 0 fully saturated rings. The lowest BCUT2D eigenvalue weighted by atomic mass is 9.93. The number of rotatable bonds is 7. The van der Waals surface area contributed by atoms with Crippen LogP contribution in [0.2, 0.25) is 0 Å². The molecule has 226 valence electrons. The molecule has 3 heterocycles. The van der Waals surface area contributed by atoms with Crippen LogP contribution in [0.5, 0.6) is 0 Å². The zero-order valence-electron chi connectivity index (χ0n) is 24.7. The summed E-state index contributed by atoms with van der Waals surface area (Å²) >= 11 is 1.20. The first kappa shape index (κ1) is 29.7. The van der Waals surface area contributed by atoms with Gasteiger partial charge in [-0.25, -0.2) is 19.0 Å². The van der Waals surface area contributed by atoms with Gasteiger partial charge in [0, 0.05) is 22.6 Å². The Hall–Kier alpha value is -5.35. The Morgan fingerprint density at radius 3 is 2.36 bits per heavy atom. The third-order valence-corrected chi connectivity index (χ3v) is 8.67. The average Bonchev–Trinajstić information content (AvgIpc) is 3.50. The second-order valence-electron chi connectivity index (χ2n) is 10.5. The van der Waals surface area contributed by atoms with Crippen LogP contribution in [0.4, 0.5) is 4.39 Å². The first-order valence-electron chi connectivity index (χ1n) is 14.2. The van der Waals surface area contributed by atoms with E-state index in [9.17, 15) is 23.9 Å². The van der Waals surface area contributed by atoms with Crippen molar-refractivity contribution in [3.8, 4) is 5.69 Å². The van der Waals surface area contributed by atoms with Gasteiger partial charge in [0.15, 0.2) is 4.80 Å². The molecule has 2 aromatic heterocycles. The number of thiazole rings is 1. The summed E-state index contributed by atoms with van der Waals surface area (Å²) in [4.78, 5) is 44.3. The van der Waals surface area contributed by atoms with Crippen molar-refractivity contribution in [2.45, 2.75) is 26.8 Å². The van der Waals surface area contributed by atoms with E-state index in [1.165, 1.54) is 28.0 Å². The summed E-state index contributed by atoms with van der Waals surface area (Å²) in [6.45, 7) is 5.69. The number of aromatic carboxylic acids is 1. The average molecular weight is 622 g/mol. The molecule has 0 radical (unpaired) electrons. The molecule has 1 aliphatic heterocycles. The normalized spacial score (nSPS) is 14.7. The smallest absolute Gasteiger partial charge is 0.338 e. The number of carbonyl (C=O) groups excluding carboxylic acids is 1. The van der Waals surface area contributed by atoms with Crippen molar-refractivity contribution < 1.29 is 23.8 Å². The maximum atomic E-state index is 14.2. The van der Waals surface area contributed by atoms with Crippen LogP contribution in [0.25, 0.3) is 17.5 Å². The van der Waals surface area contributed by atoms with Crippen molar-refractivity contribution in [2.75, 3.05) is 6.61 Å². The summed E-state index contributed by atoms with van der Waals surface area (Å²) in [5, 5.41) is 9.28. The van der Waals surface area contributed by atoms with E-state index >= 15 is 0 Å². The van der Waals surface area contributed by atoms with Gasteiger partial charge in [0.05, 0.1) is 34.0 Å². The number of halogens is 1. The number of fused-ring (bicyclic) bond motifs is 1. The number of esters is 1. The van der Waals surface area contributed by atoms with Gasteiger partial charge in [-0.1, -0.05) is 53.8 Å². The number of hydrogen-bond acceptors (Lipinski definition) is 6. The van der Waals surface area contributed by atoms with Gasteiger partial charge in [0.25, 0.3) is 5.56 Å². The number of carboxylic acid groups (broad SMARTS) is 1. The summed E-state index contributed by atoms with van der Waals surface area (Å²) in [5.74, 6) is -2.05. The minimum atomic E-state index is -1.00. The van der Waals surface area contributed by atoms with Crippen molar-refractivity contribution in [1.29, 1.82) is 0 Å². The van der Waals surface area contributed by atoms with E-state index in [0.717, 1.165) is 22.6 Å². The van der Waals surface area contributed by atoms with Gasteiger partial charge in [0.2, 0.25) is 0 Å². The molecule has 0 spiro atoms. The lowest BCUT2D eigenvalue weighted by Gasteiger charge is -2.25. The fourth-order valence-corrected chi connectivity index (χ4v) is 6.62. The van der Waals surface area contributed by atoms with Gasteiger partial charge in [-0.15, -0.1) is 0 Å². The van der Waals surface area contributed by atoms with E-state index in [0.29, 0.717) is 26.2 Å². The van der Waals surface area contributed by atoms with Crippen molar-refractivity contribution in [3.63, 3.8) is 0 Å². The minimum Gasteiger partial charge on any atom is -0.478 e. The molecule has 1 atom stereocenters. The minimum absolute atomic E-state index is 0.125. The Balaban J connectivity index is 1.56. The summed E-state index contributed by atoms with van der Waals surface area (Å²) in [5.41, 5.74) is 4.98. The van der Waals surface area contributed by atoms with Crippen LogP contribution in [0.15, 0.2) is 100 Å². The van der Waals surface area contributed by atoms with Crippen LogP contribution < -0.4 is 14.9 Å². The van der Waals surface area contributed by atoms with Gasteiger partial charge in [-0.2, -0.15) is 0 Å². The maximum Gasteiger partial charge on any atom is 0.338 e. The highest BCUT2D eigenvalue weighted by molar-refractivity contribution is 7.07. The molecule has 0 saturated heterocycles. The molecule has 3 aromatic carbocycles. The highest BCUT2D eigenvalue weighted by Crippen LogP contribution is 2.35. The zero-order chi connectivity index (χ0) is 31.8. The fourth-order valence-electron chi connectivity index (χ4n) is 5.63. The zero-order valence-corrected chi connectivity index (χ0v) is 25.5. The lowest BCUT2D eigenvalue weighted by molar-refractivity contribution is -0.138. The number of benzene rings is 3. The van der Waals surface area contributed by atoms with E-state index in [-0.39, 0.29) is 23.3 Å². The number of ether oxygens (including phenoxy) is 1. The molecule has 0 unspecified atom stereocenters. The molecule has 45 heavy (non-hydrogen) atoms. The number of carboxylic acids is 1. The molecule has 1 N–H and O–H groups in total. The number of aryl methyl sites for hydroxylation is 1. The van der Waals surface area contributed by atoms with Crippen molar-refractivity contribution in [2.24, 2.45) is 4.99 Å². The quantitative estimate of drug-likeness (QED) is 0.253. The summed E-state index contributed by atoms with van der Waals surface area (Å²) < 4.78 is 23.4.